The lowest BCUT2D eigenvalue weighted by Crippen LogP contribution is -2.47. The zero-order valence-corrected chi connectivity index (χ0v) is 16.3. The van der Waals surface area contributed by atoms with Crippen molar-refractivity contribution >= 4 is 21.7 Å². The number of nitrogens with zero attached hydrogens (tertiary/aromatic N) is 1. The van der Waals surface area contributed by atoms with Crippen LogP contribution in [0.2, 0.25) is 0 Å². The van der Waals surface area contributed by atoms with Crippen molar-refractivity contribution in [3.8, 4) is 0 Å². The van der Waals surface area contributed by atoms with Gasteiger partial charge in [-0.1, -0.05) is 44.2 Å². The molecule has 1 N–H and O–H groups in total. The topological polar surface area (TPSA) is 83.6 Å². The van der Waals surface area contributed by atoms with E-state index >= 15 is 0 Å². The smallest absolute Gasteiger partial charge is 0.242 e. The Balaban J connectivity index is 1.77. The van der Waals surface area contributed by atoms with Crippen LogP contribution in [-0.2, 0) is 25.2 Å². The molecule has 1 saturated heterocycles. The van der Waals surface area contributed by atoms with Crippen LogP contribution >= 0.6 is 0 Å². The maximum Gasteiger partial charge on any atom is 0.242 e. The number of sulfone groups is 1. The Morgan fingerprint density at radius 3 is 2.58 bits per heavy atom. The molecule has 0 spiro atoms. The highest BCUT2D eigenvalue weighted by molar-refractivity contribution is 7.90. The number of benzene rings is 1. The molecule has 1 unspecified atom stereocenters. The molecule has 2 amide bonds. The maximum absolute atomic E-state index is 12.3. The number of likely N-dealkylation sites (tertiary alicyclic amines) is 1. The largest absolute Gasteiger partial charge is 0.354 e. The van der Waals surface area contributed by atoms with Crippen LogP contribution in [0.25, 0.3) is 0 Å². The second-order valence-electron chi connectivity index (χ2n) is 7.07. The highest BCUT2D eigenvalue weighted by Gasteiger charge is 2.34. The van der Waals surface area contributed by atoms with Gasteiger partial charge in [0.25, 0.3) is 0 Å². The SMILES string of the molecule is CC(C)C(=O)N1CCCC1C(=O)NCCCS(=O)(=O)Cc1ccccc1. The lowest BCUT2D eigenvalue weighted by Gasteiger charge is -2.25. The number of amides is 2. The predicted octanol–water partition coefficient (Wildman–Crippen LogP) is 1.75. The van der Waals surface area contributed by atoms with E-state index in [1.54, 1.807) is 17.0 Å². The van der Waals surface area contributed by atoms with Crippen LogP contribution in [0.5, 0.6) is 0 Å². The van der Waals surface area contributed by atoms with Gasteiger partial charge in [-0.3, -0.25) is 9.59 Å². The van der Waals surface area contributed by atoms with Gasteiger partial charge in [0.2, 0.25) is 11.8 Å². The summed E-state index contributed by atoms with van der Waals surface area (Å²) in [6.45, 7) is 4.56. The van der Waals surface area contributed by atoms with E-state index in [1.807, 2.05) is 32.0 Å². The van der Waals surface area contributed by atoms with Gasteiger partial charge >= 0.3 is 0 Å². The minimum absolute atomic E-state index is 0.00640. The Morgan fingerprint density at radius 1 is 1.23 bits per heavy atom. The Bertz CT molecular complexity index is 716. The van der Waals surface area contributed by atoms with Crippen molar-refractivity contribution in [1.29, 1.82) is 0 Å². The fourth-order valence-corrected chi connectivity index (χ4v) is 4.59. The molecule has 2 rings (SSSR count). The quantitative estimate of drug-likeness (QED) is 0.697. The number of carbonyl (C=O) groups is 2. The molecule has 1 heterocycles. The molecular formula is C19H28N2O4S. The van der Waals surface area contributed by atoms with E-state index in [2.05, 4.69) is 5.32 Å². The lowest BCUT2D eigenvalue weighted by molar-refractivity contribution is -0.140. The fourth-order valence-electron chi connectivity index (χ4n) is 3.16. The van der Waals surface area contributed by atoms with Gasteiger partial charge in [-0.15, -0.1) is 0 Å². The van der Waals surface area contributed by atoms with Gasteiger partial charge in [-0.05, 0) is 24.8 Å². The fraction of sp³-hybridized carbons (Fsp3) is 0.579. The third-order valence-electron chi connectivity index (χ3n) is 4.49. The molecule has 1 fully saturated rings. The number of rotatable bonds is 8. The Kier molecular flexibility index (Phi) is 7.20. The zero-order valence-electron chi connectivity index (χ0n) is 15.5. The lowest BCUT2D eigenvalue weighted by atomic mass is 10.1. The van der Waals surface area contributed by atoms with Crippen molar-refractivity contribution in [2.24, 2.45) is 5.92 Å². The maximum atomic E-state index is 12.3. The molecule has 1 aromatic rings. The molecule has 0 aromatic heterocycles. The summed E-state index contributed by atoms with van der Waals surface area (Å²) in [7, 11) is -3.20. The second-order valence-corrected chi connectivity index (χ2v) is 9.25. The molecule has 1 aliphatic rings. The second kappa shape index (κ2) is 9.16. The minimum atomic E-state index is -3.20. The van der Waals surface area contributed by atoms with E-state index in [1.165, 1.54) is 0 Å². The summed E-state index contributed by atoms with van der Waals surface area (Å²) in [5.74, 6) is -0.278. The summed E-state index contributed by atoms with van der Waals surface area (Å²) in [5.41, 5.74) is 0.769. The van der Waals surface area contributed by atoms with Crippen molar-refractivity contribution in [3.05, 3.63) is 35.9 Å². The summed E-state index contributed by atoms with van der Waals surface area (Å²) in [6.07, 6.45) is 1.85. The summed E-state index contributed by atoms with van der Waals surface area (Å²) in [6, 6.07) is 8.64. The normalized spacial score (nSPS) is 17.5. The van der Waals surface area contributed by atoms with Gasteiger partial charge < -0.3 is 10.2 Å². The molecule has 0 saturated carbocycles. The summed E-state index contributed by atoms with van der Waals surface area (Å²) in [4.78, 5) is 26.2. The first-order valence-corrected chi connectivity index (χ1v) is 10.9. The first kappa shape index (κ1) is 20.4. The molecule has 0 bridgehead atoms. The van der Waals surface area contributed by atoms with Gasteiger partial charge in [-0.2, -0.15) is 0 Å². The first-order chi connectivity index (χ1) is 12.3. The predicted molar refractivity (Wildman–Crippen MR) is 101 cm³/mol. The minimum Gasteiger partial charge on any atom is -0.354 e. The van der Waals surface area contributed by atoms with Gasteiger partial charge in [-0.25, -0.2) is 8.42 Å². The van der Waals surface area contributed by atoms with Crippen molar-refractivity contribution < 1.29 is 18.0 Å². The highest BCUT2D eigenvalue weighted by atomic mass is 32.2. The van der Waals surface area contributed by atoms with Gasteiger partial charge in [0, 0.05) is 19.0 Å². The Labute approximate surface area is 155 Å². The zero-order chi connectivity index (χ0) is 19.2. The number of nitrogens with one attached hydrogen (secondary N) is 1. The summed E-state index contributed by atoms with van der Waals surface area (Å²) >= 11 is 0. The van der Waals surface area contributed by atoms with Crippen LogP contribution in [-0.4, -0.2) is 50.0 Å². The molecule has 26 heavy (non-hydrogen) atoms. The highest BCUT2D eigenvalue weighted by Crippen LogP contribution is 2.19. The molecule has 1 aromatic carbocycles. The first-order valence-electron chi connectivity index (χ1n) is 9.13. The molecule has 0 aliphatic carbocycles. The Morgan fingerprint density at radius 2 is 1.92 bits per heavy atom. The summed E-state index contributed by atoms with van der Waals surface area (Å²) < 4.78 is 24.3. The third kappa shape index (κ3) is 5.83. The molecule has 6 nitrogen and oxygen atoms in total. The average molecular weight is 381 g/mol. The van der Waals surface area contributed by atoms with Gasteiger partial charge in [0.1, 0.15) is 6.04 Å². The van der Waals surface area contributed by atoms with Crippen molar-refractivity contribution in [2.45, 2.75) is 44.9 Å². The molecule has 7 heteroatoms. The van der Waals surface area contributed by atoms with E-state index in [0.29, 0.717) is 25.9 Å². The molecular weight excluding hydrogens is 352 g/mol. The monoisotopic (exact) mass is 380 g/mol. The van der Waals surface area contributed by atoms with Crippen LogP contribution in [0.4, 0.5) is 0 Å². The number of hydrogen-bond donors (Lipinski definition) is 1. The molecule has 144 valence electrons. The molecule has 1 atom stereocenters. The van der Waals surface area contributed by atoms with E-state index in [4.69, 9.17) is 0 Å². The van der Waals surface area contributed by atoms with Crippen LogP contribution in [0, 0.1) is 5.92 Å². The standard InChI is InChI=1S/C19H28N2O4S/c1-15(2)19(23)21-12-6-10-17(21)18(22)20-11-7-13-26(24,25)14-16-8-4-3-5-9-16/h3-5,8-9,15,17H,6-7,10-14H2,1-2H3,(H,20,22). The van der Waals surface area contributed by atoms with Crippen molar-refractivity contribution in [3.63, 3.8) is 0 Å². The van der Waals surface area contributed by atoms with Crippen LogP contribution in [0.15, 0.2) is 30.3 Å². The van der Waals surface area contributed by atoms with Crippen LogP contribution in [0.1, 0.15) is 38.7 Å². The van der Waals surface area contributed by atoms with Crippen LogP contribution < -0.4 is 5.32 Å². The van der Waals surface area contributed by atoms with E-state index in [9.17, 15) is 18.0 Å². The average Bonchev–Trinajstić information content (AvgIpc) is 3.08. The van der Waals surface area contributed by atoms with Crippen molar-refractivity contribution in [2.75, 3.05) is 18.8 Å². The van der Waals surface area contributed by atoms with Gasteiger partial charge in [0.15, 0.2) is 9.84 Å². The number of carbonyl (C=O) groups excluding carboxylic acids is 2. The van der Waals surface area contributed by atoms with Crippen LogP contribution in [0.3, 0.4) is 0 Å². The third-order valence-corrected chi connectivity index (χ3v) is 6.18. The number of hydrogen-bond acceptors (Lipinski definition) is 4. The Hall–Kier alpha value is -1.89. The van der Waals surface area contributed by atoms with E-state index in [0.717, 1.165) is 12.0 Å². The van der Waals surface area contributed by atoms with Gasteiger partial charge in [0.05, 0.1) is 11.5 Å². The van der Waals surface area contributed by atoms with E-state index < -0.39 is 15.9 Å². The molecule has 1 aliphatic heterocycles. The van der Waals surface area contributed by atoms with Crippen molar-refractivity contribution in [1.82, 2.24) is 10.2 Å². The van der Waals surface area contributed by atoms with E-state index in [-0.39, 0.29) is 29.2 Å². The molecule has 0 radical (unpaired) electrons. The summed E-state index contributed by atoms with van der Waals surface area (Å²) in [5, 5.41) is 2.79.